The van der Waals surface area contributed by atoms with E-state index in [9.17, 15) is 0 Å². The lowest BCUT2D eigenvalue weighted by atomic mass is 9.92. The zero-order valence-corrected chi connectivity index (χ0v) is 25.2. The van der Waals surface area contributed by atoms with Gasteiger partial charge in [0.15, 0.2) is 11.7 Å². The number of aliphatic imine (C=N–C) groups is 2. The normalized spacial score (nSPS) is 15.0. The third-order valence-corrected chi connectivity index (χ3v) is 9.33. The number of benzene rings is 7. The predicted molar refractivity (Wildman–Crippen MR) is 193 cm³/mol. The maximum Gasteiger partial charge on any atom is 0.170 e. The van der Waals surface area contributed by atoms with Gasteiger partial charge in [-0.25, -0.2) is 9.98 Å². The van der Waals surface area contributed by atoms with Crippen molar-refractivity contribution in [3.05, 3.63) is 162 Å². The van der Waals surface area contributed by atoms with Gasteiger partial charge in [-0.2, -0.15) is 0 Å². The Morgan fingerprint density at radius 3 is 2.13 bits per heavy atom. The van der Waals surface area contributed by atoms with Crippen LogP contribution in [0.2, 0.25) is 0 Å². The van der Waals surface area contributed by atoms with Crippen molar-refractivity contribution in [2.45, 2.75) is 6.17 Å². The standard InChI is InChI=1S/C42H26N4O/c1-2-11-27-23-29(19-18-25(27)9-1)40-44-41(33-15-7-16-35-38(33)39-36(47-35)17-8-22-43-39)46-42(45-40)34-24-28-12-4-6-14-31(28)37-30-13-5-3-10-26(30)20-21-32(34)37/h1-24,41H,(H,44,45,46). The molecule has 220 valence electrons. The lowest BCUT2D eigenvalue weighted by molar-refractivity contribution is 0.667. The van der Waals surface area contributed by atoms with E-state index >= 15 is 0 Å². The molecule has 0 saturated heterocycles. The summed E-state index contributed by atoms with van der Waals surface area (Å²) < 4.78 is 6.23. The van der Waals surface area contributed by atoms with Crippen LogP contribution in [0.4, 0.5) is 0 Å². The van der Waals surface area contributed by atoms with Gasteiger partial charge in [0.1, 0.15) is 22.8 Å². The molecule has 1 N–H and O–H groups in total. The number of nitrogens with zero attached hydrogens (tertiary/aromatic N) is 3. The summed E-state index contributed by atoms with van der Waals surface area (Å²) in [5, 5.41) is 14.2. The number of furan rings is 1. The van der Waals surface area contributed by atoms with Crippen LogP contribution in [0, 0.1) is 0 Å². The Balaban J connectivity index is 1.25. The SMILES string of the molecule is c1ccc2cc(C3=NC(c4cccc5oc6cccnc6c45)N=C(c4cc5ccccc5c5c4ccc4ccccc45)N3)ccc2c1. The fourth-order valence-corrected chi connectivity index (χ4v) is 7.16. The Bertz CT molecular complexity index is 2780. The largest absolute Gasteiger partial charge is 0.454 e. The highest BCUT2D eigenvalue weighted by atomic mass is 16.3. The monoisotopic (exact) mass is 602 g/mol. The van der Waals surface area contributed by atoms with Gasteiger partial charge in [-0.3, -0.25) is 4.98 Å². The summed E-state index contributed by atoms with van der Waals surface area (Å²) in [7, 11) is 0. The van der Waals surface area contributed by atoms with Crippen molar-refractivity contribution >= 4 is 76.8 Å². The van der Waals surface area contributed by atoms with Crippen LogP contribution in [0.1, 0.15) is 22.9 Å². The summed E-state index contributed by atoms with van der Waals surface area (Å²) in [5.74, 6) is 1.54. The van der Waals surface area contributed by atoms with Crippen molar-refractivity contribution in [2.75, 3.05) is 0 Å². The van der Waals surface area contributed by atoms with Gasteiger partial charge in [-0.1, -0.05) is 109 Å². The Kier molecular flexibility index (Phi) is 5.57. The lowest BCUT2D eigenvalue weighted by Crippen LogP contribution is -2.36. The van der Waals surface area contributed by atoms with Crippen LogP contribution < -0.4 is 5.32 Å². The maximum absolute atomic E-state index is 6.23. The molecule has 0 aliphatic carbocycles. The second kappa shape index (κ2) is 10.1. The zero-order valence-electron chi connectivity index (χ0n) is 25.2. The molecule has 0 amide bonds. The van der Waals surface area contributed by atoms with Gasteiger partial charge in [0.25, 0.3) is 0 Å². The van der Waals surface area contributed by atoms with Crippen LogP contribution in [-0.2, 0) is 0 Å². The third-order valence-electron chi connectivity index (χ3n) is 9.33. The highest BCUT2D eigenvalue weighted by Gasteiger charge is 2.26. The topological polar surface area (TPSA) is 62.8 Å². The van der Waals surface area contributed by atoms with Crippen molar-refractivity contribution in [3.63, 3.8) is 0 Å². The summed E-state index contributed by atoms with van der Waals surface area (Å²) in [6, 6.07) is 48.8. The highest BCUT2D eigenvalue weighted by Crippen LogP contribution is 2.38. The lowest BCUT2D eigenvalue weighted by Gasteiger charge is -2.24. The van der Waals surface area contributed by atoms with Gasteiger partial charge < -0.3 is 9.73 Å². The molecule has 47 heavy (non-hydrogen) atoms. The fourth-order valence-electron chi connectivity index (χ4n) is 7.16. The molecule has 10 rings (SSSR count). The maximum atomic E-state index is 6.23. The second-order valence-corrected chi connectivity index (χ2v) is 12.0. The molecule has 1 atom stereocenters. The molecular formula is C42H26N4O. The van der Waals surface area contributed by atoms with Crippen molar-refractivity contribution in [1.29, 1.82) is 0 Å². The predicted octanol–water partition coefficient (Wildman–Crippen LogP) is 10.1. The van der Waals surface area contributed by atoms with Gasteiger partial charge in [0, 0.05) is 22.9 Å². The van der Waals surface area contributed by atoms with E-state index in [1.54, 1.807) is 6.20 Å². The number of hydrogen-bond acceptors (Lipinski definition) is 5. The van der Waals surface area contributed by atoms with Crippen LogP contribution >= 0.6 is 0 Å². The molecule has 0 bridgehead atoms. The van der Waals surface area contributed by atoms with E-state index in [-0.39, 0.29) is 0 Å². The first-order valence-corrected chi connectivity index (χ1v) is 15.8. The van der Waals surface area contributed by atoms with E-state index in [4.69, 9.17) is 19.4 Å². The van der Waals surface area contributed by atoms with E-state index in [0.29, 0.717) is 0 Å². The van der Waals surface area contributed by atoms with Gasteiger partial charge >= 0.3 is 0 Å². The van der Waals surface area contributed by atoms with Crippen LogP contribution in [-0.4, -0.2) is 16.7 Å². The average Bonchev–Trinajstić information content (AvgIpc) is 3.53. The average molecular weight is 603 g/mol. The Morgan fingerprint density at radius 2 is 1.23 bits per heavy atom. The first-order chi connectivity index (χ1) is 23.3. The highest BCUT2D eigenvalue weighted by molar-refractivity contribution is 6.28. The van der Waals surface area contributed by atoms with Crippen molar-refractivity contribution in [3.8, 4) is 0 Å². The summed E-state index contributed by atoms with van der Waals surface area (Å²) in [6.45, 7) is 0. The molecule has 1 aliphatic heterocycles. The molecule has 0 spiro atoms. The Morgan fingerprint density at radius 1 is 0.511 bits per heavy atom. The van der Waals surface area contributed by atoms with Gasteiger partial charge in [0.05, 0.1) is 5.39 Å². The number of pyridine rings is 1. The minimum Gasteiger partial charge on any atom is -0.454 e. The summed E-state index contributed by atoms with van der Waals surface area (Å²) in [5.41, 5.74) is 5.33. The zero-order chi connectivity index (χ0) is 30.9. The van der Waals surface area contributed by atoms with Crippen LogP contribution in [0.5, 0.6) is 0 Å². The molecular weight excluding hydrogens is 576 g/mol. The Labute approximate surface area is 269 Å². The van der Waals surface area contributed by atoms with Crippen LogP contribution in [0.3, 0.4) is 0 Å². The fraction of sp³-hybridized carbons (Fsp3) is 0.0238. The van der Waals surface area contributed by atoms with Gasteiger partial charge in [0.2, 0.25) is 0 Å². The van der Waals surface area contributed by atoms with Gasteiger partial charge in [-0.15, -0.1) is 0 Å². The molecule has 0 fully saturated rings. The molecule has 2 aromatic heterocycles. The number of fused-ring (bicyclic) bond motifs is 9. The first kappa shape index (κ1) is 25.9. The summed E-state index contributed by atoms with van der Waals surface area (Å²) in [4.78, 5) is 15.4. The Hall–Kier alpha value is -6.33. The van der Waals surface area contributed by atoms with Crippen LogP contribution in [0.15, 0.2) is 160 Å². The van der Waals surface area contributed by atoms with E-state index in [1.807, 2.05) is 24.3 Å². The minimum atomic E-state index is -0.527. The van der Waals surface area contributed by atoms with E-state index < -0.39 is 6.17 Å². The molecule has 5 nitrogen and oxygen atoms in total. The smallest absolute Gasteiger partial charge is 0.170 e. The van der Waals surface area contributed by atoms with Crippen molar-refractivity contribution in [2.24, 2.45) is 9.98 Å². The van der Waals surface area contributed by atoms with E-state index in [1.165, 1.54) is 26.9 Å². The quantitative estimate of drug-likeness (QED) is 0.205. The van der Waals surface area contributed by atoms with Crippen LogP contribution in [0.25, 0.3) is 65.2 Å². The molecule has 3 heterocycles. The van der Waals surface area contributed by atoms with Crippen molar-refractivity contribution < 1.29 is 4.42 Å². The second-order valence-electron chi connectivity index (χ2n) is 12.0. The van der Waals surface area contributed by atoms with E-state index in [0.717, 1.165) is 66.6 Å². The molecule has 7 aromatic carbocycles. The molecule has 0 saturated carbocycles. The number of hydrogen-bond donors (Lipinski definition) is 1. The van der Waals surface area contributed by atoms with Gasteiger partial charge in [-0.05, 0) is 73.4 Å². The molecule has 5 heteroatoms. The molecule has 1 unspecified atom stereocenters. The number of amidine groups is 2. The third kappa shape index (κ3) is 4.07. The summed E-state index contributed by atoms with van der Waals surface area (Å²) in [6.07, 6.45) is 1.28. The number of nitrogens with one attached hydrogen (secondary N) is 1. The number of aromatic nitrogens is 1. The molecule has 1 aliphatic rings. The van der Waals surface area contributed by atoms with Crippen molar-refractivity contribution in [1.82, 2.24) is 10.3 Å². The summed E-state index contributed by atoms with van der Waals surface area (Å²) >= 11 is 0. The molecule has 0 radical (unpaired) electrons. The number of rotatable bonds is 3. The van der Waals surface area contributed by atoms with E-state index in [2.05, 4.69) is 121 Å². The first-order valence-electron chi connectivity index (χ1n) is 15.8. The minimum absolute atomic E-state index is 0.527. The molecule has 9 aromatic rings.